The molecule has 1 amide bonds. The van der Waals surface area contributed by atoms with Crippen molar-refractivity contribution in [3.63, 3.8) is 0 Å². The lowest BCUT2D eigenvalue weighted by Crippen LogP contribution is -2.25. The summed E-state index contributed by atoms with van der Waals surface area (Å²) < 4.78 is 0. The first-order valence-corrected chi connectivity index (χ1v) is 8.98. The molecule has 0 radical (unpaired) electrons. The minimum absolute atomic E-state index is 0.148. The number of benzene rings is 2. The van der Waals surface area contributed by atoms with Gasteiger partial charge < -0.3 is 15.2 Å². The van der Waals surface area contributed by atoms with Crippen molar-refractivity contribution in [2.45, 2.75) is 5.75 Å². The molecule has 0 fully saturated rings. The molecule has 0 spiro atoms. The maximum atomic E-state index is 12.0. The number of carbonyl (C=O) groups is 2. The first-order valence-electron chi connectivity index (χ1n) is 6.69. The molecule has 24 heavy (non-hydrogen) atoms. The van der Waals surface area contributed by atoms with E-state index in [-0.39, 0.29) is 27.9 Å². The van der Waals surface area contributed by atoms with Crippen molar-refractivity contribution in [2.24, 2.45) is 0 Å². The Labute approximate surface area is 158 Å². The third-order valence-corrected chi connectivity index (χ3v) is 4.94. The Morgan fingerprint density at radius 2 is 1.79 bits per heavy atom. The van der Waals surface area contributed by atoms with Crippen molar-refractivity contribution in [1.29, 1.82) is 0 Å². The molecule has 2 aromatic carbocycles. The third-order valence-electron chi connectivity index (χ3n) is 2.96. The number of carboxylic acids is 1. The maximum absolute atomic E-state index is 12.0. The van der Waals surface area contributed by atoms with Crippen LogP contribution in [0.3, 0.4) is 0 Å². The lowest BCUT2D eigenvalue weighted by molar-refractivity contribution is -0.254. The van der Waals surface area contributed by atoms with E-state index in [1.54, 1.807) is 12.1 Å². The topological polar surface area (TPSA) is 69.2 Å². The number of rotatable bonds is 6. The number of nitrogens with one attached hydrogen (secondary N) is 1. The number of halogens is 3. The lowest BCUT2D eigenvalue weighted by Gasteiger charge is -2.12. The van der Waals surface area contributed by atoms with Crippen LogP contribution in [0.25, 0.3) is 0 Å². The summed E-state index contributed by atoms with van der Waals surface area (Å²) in [5, 5.41) is 14.8. The average Bonchev–Trinajstić information content (AvgIpc) is 2.52. The minimum atomic E-state index is -1.41. The predicted molar refractivity (Wildman–Crippen MR) is 97.0 cm³/mol. The molecule has 0 atom stereocenters. The molecule has 2 rings (SSSR count). The molecule has 0 unspecified atom stereocenters. The number of carbonyl (C=O) groups excluding carboxylic acids is 2. The second-order valence-corrected chi connectivity index (χ2v) is 7.00. The SMILES string of the molecule is O=C(CSCc1ccc(Cl)c(Cl)c1)Nc1ccc(Cl)cc1C(=O)[O-]. The van der Waals surface area contributed by atoms with Gasteiger partial charge in [-0.25, -0.2) is 0 Å². The first-order chi connectivity index (χ1) is 11.4. The molecule has 0 aliphatic heterocycles. The summed E-state index contributed by atoms with van der Waals surface area (Å²) in [4.78, 5) is 23.0. The standard InChI is InChI=1S/C16H12Cl3NO3S/c17-10-2-4-14(11(6-10)16(22)23)20-15(21)8-24-7-9-1-3-12(18)13(19)5-9/h1-6H,7-8H2,(H,20,21)(H,22,23)/p-1. The molecule has 8 heteroatoms. The van der Waals surface area contributed by atoms with E-state index in [1.807, 2.05) is 6.07 Å². The van der Waals surface area contributed by atoms with Crippen molar-refractivity contribution >= 4 is 64.1 Å². The van der Waals surface area contributed by atoms with Gasteiger partial charge in [0.05, 0.1) is 21.8 Å². The Morgan fingerprint density at radius 3 is 2.46 bits per heavy atom. The number of aromatic carboxylic acids is 1. The molecule has 126 valence electrons. The summed E-state index contributed by atoms with van der Waals surface area (Å²) in [7, 11) is 0. The average molecular weight is 404 g/mol. The van der Waals surface area contributed by atoms with Crippen molar-refractivity contribution in [2.75, 3.05) is 11.1 Å². The molecular weight excluding hydrogens is 393 g/mol. The van der Waals surface area contributed by atoms with Gasteiger partial charge in [-0.2, -0.15) is 0 Å². The van der Waals surface area contributed by atoms with Crippen LogP contribution >= 0.6 is 46.6 Å². The summed E-state index contributed by atoms with van der Waals surface area (Å²) in [6.07, 6.45) is 0. The summed E-state index contributed by atoms with van der Waals surface area (Å²) in [6.45, 7) is 0. The highest BCUT2D eigenvalue weighted by molar-refractivity contribution is 7.99. The van der Waals surface area contributed by atoms with Crippen LogP contribution in [0, 0.1) is 0 Å². The van der Waals surface area contributed by atoms with E-state index in [1.165, 1.54) is 30.0 Å². The molecule has 2 aromatic rings. The van der Waals surface area contributed by atoms with Crippen LogP contribution in [0.5, 0.6) is 0 Å². The van der Waals surface area contributed by atoms with Crippen LogP contribution in [0.4, 0.5) is 5.69 Å². The van der Waals surface area contributed by atoms with E-state index in [2.05, 4.69) is 5.32 Å². The monoisotopic (exact) mass is 402 g/mol. The predicted octanol–water partition coefficient (Wildman–Crippen LogP) is 3.88. The Balaban J connectivity index is 1.92. The molecule has 1 N–H and O–H groups in total. The van der Waals surface area contributed by atoms with Gasteiger partial charge in [-0.05, 0) is 35.9 Å². The summed E-state index contributed by atoms with van der Waals surface area (Å²) in [6, 6.07) is 9.41. The summed E-state index contributed by atoms with van der Waals surface area (Å²) in [5.41, 5.74) is 0.925. The fourth-order valence-electron chi connectivity index (χ4n) is 1.87. The summed E-state index contributed by atoms with van der Waals surface area (Å²) in [5.74, 6) is -1.02. The van der Waals surface area contributed by atoms with Crippen molar-refractivity contribution in [3.05, 3.63) is 62.6 Å². The molecule has 0 saturated carbocycles. The van der Waals surface area contributed by atoms with Crippen LogP contribution < -0.4 is 10.4 Å². The van der Waals surface area contributed by atoms with E-state index in [0.717, 1.165) is 5.56 Å². The van der Waals surface area contributed by atoms with E-state index in [4.69, 9.17) is 34.8 Å². The quantitative estimate of drug-likeness (QED) is 0.794. The molecule has 0 aliphatic carbocycles. The van der Waals surface area contributed by atoms with E-state index >= 15 is 0 Å². The summed E-state index contributed by atoms with van der Waals surface area (Å²) >= 11 is 18.9. The molecule has 0 heterocycles. The van der Waals surface area contributed by atoms with Gasteiger partial charge in [0.15, 0.2) is 0 Å². The van der Waals surface area contributed by atoms with Crippen molar-refractivity contribution in [3.8, 4) is 0 Å². The Kier molecular flexibility index (Phi) is 6.80. The van der Waals surface area contributed by atoms with Gasteiger partial charge in [-0.1, -0.05) is 40.9 Å². The molecular formula is C16H11Cl3NO3S-. The van der Waals surface area contributed by atoms with E-state index in [0.29, 0.717) is 15.8 Å². The van der Waals surface area contributed by atoms with Gasteiger partial charge in [0.1, 0.15) is 0 Å². The number of thioether (sulfide) groups is 1. The van der Waals surface area contributed by atoms with Crippen LogP contribution in [0.1, 0.15) is 15.9 Å². The van der Waals surface area contributed by atoms with Gasteiger partial charge in [0, 0.05) is 22.0 Å². The highest BCUT2D eigenvalue weighted by Crippen LogP contribution is 2.25. The van der Waals surface area contributed by atoms with E-state index < -0.39 is 5.97 Å². The lowest BCUT2D eigenvalue weighted by atomic mass is 10.2. The maximum Gasteiger partial charge on any atom is 0.234 e. The zero-order chi connectivity index (χ0) is 17.7. The Hall–Kier alpha value is -1.40. The van der Waals surface area contributed by atoms with E-state index in [9.17, 15) is 14.7 Å². The smallest absolute Gasteiger partial charge is 0.234 e. The number of hydrogen-bond acceptors (Lipinski definition) is 4. The van der Waals surface area contributed by atoms with Crippen LogP contribution in [-0.4, -0.2) is 17.6 Å². The van der Waals surface area contributed by atoms with Gasteiger partial charge in [0.25, 0.3) is 0 Å². The number of amides is 1. The third kappa shape index (κ3) is 5.31. The fraction of sp³-hybridized carbons (Fsp3) is 0.125. The van der Waals surface area contributed by atoms with Crippen molar-refractivity contribution in [1.82, 2.24) is 0 Å². The molecule has 0 aliphatic rings. The number of anilines is 1. The number of carboxylic acid groups (broad SMARTS) is 1. The Bertz CT molecular complexity index is 783. The van der Waals surface area contributed by atoms with Gasteiger partial charge >= 0.3 is 0 Å². The van der Waals surface area contributed by atoms with Gasteiger partial charge in [-0.15, -0.1) is 11.8 Å². The zero-order valence-corrected chi connectivity index (χ0v) is 15.2. The minimum Gasteiger partial charge on any atom is -0.545 e. The highest BCUT2D eigenvalue weighted by Gasteiger charge is 2.09. The van der Waals surface area contributed by atoms with Crippen LogP contribution in [-0.2, 0) is 10.5 Å². The van der Waals surface area contributed by atoms with Crippen LogP contribution in [0.2, 0.25) is 15.1 Å². The highest BCUT2D eigenvalue weighted by atomic mass is 35.5. The first kappa shape index (κ1) is 18.9. The molecule has 0 aromatic heterocycles. The second-order valence-electron chi connectivity index (χ2n) is 4.77. The number of hydrogen-bond donors (Lipinski definition) is 1. The largest absolute Gasteiger partial charge is 0.545 e. The normalized spacial score (nSPS) is 10.5. The van der Waals surface area contributed by atoms with Crippen molar-refractivity contribution < 1.29 is 14.7 Å². The van der Waals surface area contributed by atoms with Gasteiger partial charge in [0.2, 0.25) is 5.91 Å². The van der Waals surface area contributed by atoms with Gasteiger partial charge in [-0.3, -0.25) is 4.79 Å². The zero-order valence-electron chi connectivity index (χ0n) is 12.1. The van der Waals surface area contributed by atoms with Crippen LogP contribution in [0.15, 0.2) is 36.4 Å². The molecule has 0 bridgehead atoms. The fourth-order valence-corrected chi connectivity index (χ4v) is 3.14. The molecule has 0 saturated heterocycles. The molecule has 4 nitrogen and oxygen atoms in total. The second kappa shape index (κ2) is 8.62. The Morgan fingerprint density at radius 1 is 1.04 bits per heavy atom.